The van der Waals surface area contributed by atoms with Crippen molar-refractivity contribution < 1.29 is 23.1 Å². The predicted octanol–water partition coefficient (Wildman–Crippen LogP) is 0.993. The lowest BCUT2D eigenvalue weighted by Gasteiger charge is -2.28. The summed E-state index contributed by atoms with van der Waals surface area (Å²) in [4.78, 5) is 40.2. The molecule has 0 spiro atoms. The molecule has 0 amide bonds. The quantitative estimate of drug-likeness (QED) is 0.704. The van der Waals surface area contributed by atoms with Gasteiger partial charge in [-0.2, -0.15) is 18.2 Å². The number of allylic oxidation sites excluding steroid dienone is 1. The minimum Gasteiger partial charge on any atom is -0.475 e. The summed E-state index contributed by atoms with van der Waals surface area (Å²) in [5.41, 5.74) is 0.149. The van der Waals surface area contributed by atoms with E-state index in [0.29, 0.717) is 17.1 Å². The van der Waals surface area contributed by atoms with Crippen LogP contribution in [0.3, 0.4) is 0 Å². The second kappa shape index (κ2) is 10.8. The number of aryl methyl sites for hydroxylation is 1. The van der Waals surface area contributed by atoms with Crippen LogP contribution in [0, 0.1) is 0 Å². The largest absolute Gasteiger partial charge is 0.490 e. The van der Waals surface area contributed by atoms with Crippen molar-refractivity contribution in [2.45, 2.75) is 26.9 Å². The predicted molar refractivity (Wildman–Crippen MR) is 111 cm³/mol. The van der Waals surface area contributed by atoms with E-state index in [4.69, 9.17) is 9.90 Å². The first kappa shape index (κ1) is 25.9. The maximum absolute atomic E-state index is 12.5. The van der Waals surface area contributed by atoms with Crippen LogP contribution in [0.15, 0.2) is 15.7 Å². The molecular weight excluding hydrogens is 421 g/mol. The van der Waals surface area contributed by atoms with Gasteiger partial charge in [-0.05, 0) is 6.92 Å². The smallest absolute Gasteiger partial charge is 0.475 e. The summed E-state index contributed by atoms with van der Waals surface area (Å²) in [5.74, 6) is -2.06. The van der Waals surface area contributed by atoms with Crippen molar-refractivity contribution in [3.05, 3.63) is 26.9 Å². The van der Waals surface area contributed by atoms with Crippen LogP contribution >= 0.6 is 0 Å². The number of carboxylic acid groups (broad SMARTS) is 1. The molecule has 1 fully saturated rings. The van der Waals surface area contributed by atoms with Gasteiger partial charge < -0.3 is 15.3 Å². The third-order valence-electron chi connectivity index (χ3n) is 4.21. The lowest BCUT2D eigenvalue weighted by molar-refractivity contribution is -0.192. The zero-order chi connectivity index (χ0) is 23.9. The number of carbonyl (C=O) groups is 1. The molecule has 0 atom stereocenters. The van der Waals surface area contributed by atoms with Crippen LogP contribution in [-0.4, -0.2) is 62.1 Å². The molecule has 0 radical (unpaired) electrons. The lowest BCUT2D eigenvalue weighted by Crippen LogP contribution is -2.44. The number of nitrogens with zero attached hydrogens (tertiary/aromatic N) is 5. The molecule has 13 heteroatoms. The van der Waals surface area contributed by atoms with Gasteiger partial charge in [0.05, 0.1) is 0 Å². The minimum atomic E-state index is -5.08. The van der Waals surface area contributed by atoms with Crippen molar-refractivity contribution in [3.8, 4) is 0 Å². The SMILES string of the molecule is CC.CC=Cn1c(N2CCNCC2)nc2c1c(=O)n(C)c(=O)n2C.O=C(O)C(F)(F)F. The van der Waals surface area contributed by atoms with E-state index in [9.17, 15) is 22.8 Å². The van der Waals surface area contributed by atoms with Crippen LogP contribution in [0.4, 0.5) is 19.1 Å². The molecule has 2 aromatic rings. The number of alkyl halides is 3. The number of nitrogens with one attached hydrogen (secondary N) is 1. The number of piperazine rings is 1. The number of hydrogen-bond acceptors (Lipinski definition) is 6. The highest BCUT2D eigenvalue weighted by Crippen LogP contribution is 2.20. The van der Waals surface area contributed by atoms with Crippen LogP contribution in [0.25, 0.3) is 17.4 Å². The van der Waals surface area contributed by atoms with Gasteiger partial charge >= 0.3 is 17.8 Å². The number of halogens is 3. The van der Waals surface area contributed by atoms with Crippen molar-refractivity contribution >= 4 is 29.3 Å². The topological polar surface area (TPSA) is 114 Å². The van der Waals surface area contributed by atoms with E-state index in [1.165, 1.54) is 11.6 Å². The van der Waals surface area contributed by atoms with Gasteiger partial charge in [-0.25, -0.2) is 9.59 Å². The monoisotopic (exact) mass is 448 g/mol. The van der Waals surface area contributed by atoms with E-state index < -0.39 is 12.1 Å². The summed E-state index contributed by atoms with van der Waals surface area (Å²) < 4.78 is 36.1. The summed E-state index contributed by atoms with van der Waals surface area (Å²) in [6, 6.07) is 0. The first-order valence-electron chi connectivity index (χ1n) is 9.57. The Bertz CT molecular complexity index is 1050. The van der Waals surface area contributed by atoms with Crippen LogP contribution in [0.2, 0.25) is 0 Å². The highest BCUT2D eigenvalue weighted by atomic mass is 19.4. The molecule has 1 saturated heterocycles. The van der Waals surface area contributed by atoms with E-state index in [0.717, 1.165) is 30.7 Å². The number of aliphatic carboxylic acids is 1. The number of rotatable bonds is 2. The maximum Gasteiger partial charge on any atom is 0.490 e. The van der Waals surface area contributed by atoms with Crippen molar-refractivity contribution in [2.24, 2.45) is 14.1 Å². The highest BCUT2D eigenvalue weighted by molar-refractivity contribution is 5.77. The second-order valence-corrected chi connectivity index (χ2v) is 6.18. The molecule has 1 aliphatic rings. The van der Waals surface area contributed by atoms with Gasteiger partial charge in [-0.3, -0.25) is 18.5 Å². The molecule has 0 bridgehead atoms. The Hall–Kier alpha value is -3.09. The van der Waals surface area contributed by atoms with Crippen molar-refractivity contribution in [1.29, 1.82) is 0 Å². The molecule has 0 aliphatic carbocycles. The molecule has 3 heterocycles. The Morgan fingerprint density at radius 2 is 1.65 bits per heavy atom. The molecule has 2 N–H and O–H groups in total. The number of imidazole rings is 1. The molecule has 3 rings (SSSR count). The Kier molecular flexibility index (Phi) is 9.03. The van der Waals surface area contributed by atoms with Gasteiger partial charge in [-0.15, -0.1) is 0 Å². The second-order valence-electron chi connectivity index (χ2n) is 6.18. The van der Waals surface area contributed by atoms with Gasteiger partial charge in [0.2, 0.25) is 5.95 Å². The summed E-state index contributed by atoms with van der Waals surface area (Å²) >= 11 is 0. The Morgan fingerprint density at radius 1 is 1.13 bits per heavy atom. The standard InChI is InChI=1S/C14H20N6O2.C2HF3O2.C2H6/c1-4-7-20-10-11(17(2)14(22)18(3)12(10)21)16-13(20)19-8-5-15-6-9-19;3-2(4,5)1(6)7;1-2/h4,7,15H,5-6,8-9H2,1-3H3;(H,6,7);1-2H3. The van der Waals surface area contributed by atoms with Gasteiger partial charge in [0.25, 0.3) is 5.56 Å². The fourth-order valence-corrected chi connectivity index (χ4v) is 2.78. The highest BCUT2D eigenvalue weighted by Gasteiger charge is 2.38. The van der Waals surface area contributed by atoms with Crippen LogP contribution in [-0.2, 0) is 18.9 Å². The van der Waals surface area contributed by atoms with E-state index in [-0.39, 0.29) is 11.2 Å². The number of hydrogen-bond donors (Lipinski definition) is 2. The zero-order valence-electron chi connectivity index (χ0n) is 18.0. The van der Waals surface area contributed by atoms with Gasteiger partial charge in [0, 0.05) is 46.5 Å². The van der Waals surface area contributed by atoms with E-state index in [2.05, 4.69) is 15.2 Å². The summed E-state index contributed by atoms with van der Waals surface area (Å²) in [6.45, 7) is 9.26. The first-order chi connectivity index (χ1) is 14.5. The normalized spacial score (nSPS) is 14.1. The molecule has 0 saturated carbocycles. The molecule has 31 heavy (non-hydrogen) atoms. The van der Waals surface area contributed by atoms with E-state index in [1.807, 2.05) is 33.0 Å². The van der Waals surface area contributed by atoms with Gasteiger partial charge in [0.15, 0.2) is 11.2 Å². The average Bonchev–Trinajstić information content (AvgIpc) is 3.12. The summed E-state index contributed by atoms with van der Waals surface area (Å²) in [5, 5.41) is 10.4. The third-order valence-corrected chi connectivity index (χ3v) is 4.21. The maximum atomic E-state index is 12.5. The number of fused-ring (bicyclic) bond motifs is 1. The number of aromatic nitrogens is 4. The summed E-state index contributed by atoms with van der Waals surface area (Å²) in [6.07, 6.45) is -1.41. The number of carboxylic acids is 1. The molecule has 1 aliphatic heterocycles. The van der Waals surface area contributed by atoms with Crippen LogP contribution < -0.4 is 21.5 Å². The lowest BCUT2D eigenvalue weighted by atomic mass is 10.4. The Labute approximate surface area is 176 Å². The van der Waals surface area contributed by atoms with E-state index in [1.54, 1.807) is 11.6 Å². The number of anilines is 1. The first-order valence-corrected chi connectivity index (χ1v) is 9.57. The van der Waals surface area contributed by atoms with E-state index >= 15 is 0 Å². The average molecular weight is 448 g/mol. The molecule has 2 aromatic heterocycles. The van der Waals surface area contributed by atoms with Crippen LogP contribution in [0.5, 0.6) is 0 Å². The summed E-state index contributed by atoms with van der Waals surface area (Å²) in [7, 11) is 3.13. The van der Waals surface area contributed by atoms with Crippen molar-refractivity contribution in [1.82, 2.24) is 24.0 Å². The molecular formula is C18H27F3N6O4. The molecule has 0 aromatic carbocycles. The van der Waals surface area contributed by atoms with Crippen LogP contribution in [0.1, 0.15) is 20.8 Å². The van der Waals surface area contributed by atoms with Crippen molar-refractivity contribution in [3.63, 3.8) is 0 Å². The minimum absolute atomic E-state index is 0.329. The fourth-order valence-electron chi connectivity index (χ4n) is 2.78. The Balaban J connectivity index is 0.000000457. The molecule has 174 valence electrons. The van der Waals surface area contributed by atoms with Gasteiger partial charge in [0.1, 0.15) is 0 Å². The Morgan fingerprint density at radius 3 is 2.10 bits per heavy atom. The van der Waals surface area contributed by atoms with Gasteiger partial charge in [-0.1, -0.05) is 19.9 Å². The molecule has 0 unspecified atom stereocenters. The molecule has 10 nitrogen and oxygen atoms in total. The fraction of sp³-hybridized carbons (Fsp3) is 0.556. The van der Waals surface area contributed by atoms with Crippen molar-refractivity contribution in [2.75, 3.05) is 31.1 Å². The third kappa shape index (κ3) is 5.75. The zero-order valence-corrected chi connectivity index (χ0v) is 18.0.